The highest BCUT2D eigenvalue weighted by molar-refractivity contribution is 7.92. The molecule has 2 aliphatic rings. The standard InChI is InChI=1S/C20H16F8N2O2S.2ClH/c21-12-2-4-13(5-3-12)33(31,32)17-7-8-29-16(17)10-30-15-9-11(1-6-14(15)17)18(22,19(23,24)25)20(26,27)28;;/h1-6,9,16,29-30H,7-8,10H2;2*1H. The minimum absolute atomic E-state index is 0. The van der Waals surface area contributed by atoms with Gasteiger partial charge in [0.15, 0.2) is 9.84 Å². The van der Waals surface area contributed by atoms with Crippen LogP contribution >= 0.6 is 24.8 Å². The Kier molecular flexibility index (Phi) is 7.76. The summed E-state index contributed by atoms with van der Waals surface area (Å²) in [6.07, 6.45) is -12.7. The third-order valence-corrected chi connectivity index (χ3v) is 8.77. The van der Waals surface area contributed by atoms with Crippen molar-refractivity contribution in [1.29, 1.82) is 0 Å². The second kappa shape index (κ2) is 9.24. The maximum Gasteiger partial charge on any atom is 0.435 e. The van der Waals surface area contributed by atoms with E-state index in [0.29, 0.717) is 12.1 Å². The predicted molar refractivity (Wildman–Crippen MR) is 116 cm³/mol. The Morgan fingerprint density at radius 1 is 0.886 bits per heavy atom. The number of anilines is 1. The number of alkyl halides is 7. The fourth-order valence-electron chi connectivity index (χ4n) is 4.59. The van der Waals surface area contributed by atoms with Crippen molar-refractivity contribution >= 4 is 40.3 Å². The summed E-state index contributed by atoms with van der Waals surface area (Å²) in [4.78, 5) is -0.264. The molecule has 2 aromatic rings. The molecular formula is C20H18Cl2F8N2O2S. The second-order valence-electron chi connectivity index (χ2n) is 7.90. The average Bonchev–Trinajstić information content (AvgIpc) is 3.17. The van der Waals surface area contributed by atoms with Crippen LogP contribution in [0.3, 0.4) is 0 Å². The first-order valence-electron chi connectivity index (χ1n) is 9.61. The van der Waals surface area contributed by atoms with Gasteiger partial charge in [-0.1, -0.05) is 12.1 Å². The molecule has 1 saturated heterocycles. The Morgan fingerprint density at radius 2 is 1.46 bits per heavy atom. The lowest BCUT2D eigenvalue weighted by Gasteiger charge is -2.41. The molecule has 4 nitrogen and oxygen atoms in total. The molecule has 2 heterocycles. The second-order valence-corrected chi connectivity index (χ2v) is 10.1. The van der Waals surface area contributed by atoms with Crippen LogP contribution in [0.5, 0.6) is 0 Å². The molecule has 0 aromatic heterocycles. The summed E-state index contributed by atoms with van der Waals surface area (Å²) in [5, 5.41) is 5.59. The first-order valence-corrected chi connectivity index (χ1v) is 11.1. The number of hydrogen-bond acceptors (Lipinski definition) is 4. The molecule has 2 aliphatic heterocycles. The maximum atomic E-state index is 14.6. The zero-order chi connectivity index (χ0) is 24.4. The molecule has 2 atom stereocenters. The molecule has 2 N–H and O–H groups in total. The summed E-state index contributed by atoms with van der Waals surface area (Å²) >= 11 is 0. The van der Waals surface area contributed by atoms with Crippen LogP contribution in [0.2, 0.25) is 0 Å². The molecule has 0 aliphatic carbocycles. The fraction of sp³-hybridized carbons (Fsp3) is 0.400. The highest BCUT2D eigenvalue weighted by atomic mass is 35.5. The van der Waals surface area contributed by atoms with E-state index in [9.17, 15) is 43.5 Å². The lowest BCUT2D eigenvalue weighted by atomic mass is 9.83. The van der Waals surface area contributed by atoms with Crippen molar-refractivity contribution in [2.24, 2.45) is 0 Å². The summed E-state index contributed by atoms with van der Waals surface area (Å²) in [6, 6.07) is 4.58. The Balaban J connectivity index is 0.00000216. The summed E-state index contributed by atoms with van der Waals surface area (Å²) < 4.78 is 133. The van der Waals surface area contributed by atoms with Crippen LogP contribution in [0.4, 0.5) is 40.8 Å². The van der Waals surface area contributed by atoms with E-state index in [1.165, 1.54) is 0 Å². The van der Waals surface area contributed by atoms with E-state index in [1.807, 2.05) is 0 Å². The normalized spacial score (nSPS) is 22.2. The molecule has 196 valence electrons. The van der Waals surface area contributed by atoms with Crippen LogP contribution < -0.4 is 10.6 Å². The van der Waals surface area contributed by atoms with Gasteiger partial charge in [-0.25, -0.2) is 17.2 Å². The molecule has 0 radical (unpaired) electrons. The van der Waals surface area contributed by atoms with E-state index >= 15 is 0 Å². The van der Waals surface area contributed by atoms with E-state index in [-0.39, 0.29) is 60.5 Å². The van der Waals surface area contributed by atoms with E-state index in [1.54, 1.807) is 0 Å². The molecule has 0 saturated carbocycles. The number of sulfone groups is 1. The lowest BCUT2D eigenvalue weighted by molar-refractivity contribution is -0.348. The summed E-state index contributed by atoms with van der Waals surface area (Å²) in [7, 11) is -4.30. The number of nitrogens with one attached hydrogen (secondary N) is 2. The zero-order valence-corrected chi connectivity index (χ0v) is 19.8. The Morgan fingerprint density at radius 3 is 2.00 bits per heavy atom. The molecule has 2 aromatic carbocycles. The number of rotatable bonds is 3. The molecular weight excluding hydrogens is 555 g/mol. The molecule has 0 amide bonds. The van der Waals surface area contributed by atoms with Crippen molar-refractivity contribution in [3.8, 4) is 0 Å². The molecule has 35 heavy (non-hydrogen) atoms. The van der Waals surface area contributed by atoms with Crippen LogP contribution in [-0.2, 0) is 20.3 Å². The summed E-state index contributed by atoms with van der Waals surface area (Å²) in [5.41, 5.74) is -7.81. The lowest BCUT2D eigenvalue weighted by Crippen LogP contribution is -2.53. The molecule has 4 rings (SSSR count). The summed E-state index contributed by atoms with van der Waals surface area (Å²) in [5.74, 6) is -0.693. The zero-order valence-electron chi connectivity index (χ0n) is 17.3. The number of fused-ring (bicyclic) bond motifs is 3. The van der Waals surface area contributed by atoms with E-state index in [4.69, 9.17) is 0 Å². The van der Waals surface area contributed by atoms with Crippen LogP contribution in [0.25, 0.3) is 0 Å². The topological polar surface area (TPSA) is 58.2 Å². The smallest absolute Gasteiger partial charge is 0.383 e. The van der Waals surface area contributed by atoms with Crippen LogP contribution in [0, 0.1) is 5.82 Å². The van der Waals surface area contributed by atoms with Gasteiger partial charge < -0.3 is 10.6 Å². The predicted octanol–water partition coefficient (Wildman–Crippen LogP) is 5.42. The van der Waals surface area contributed by atoms with Gasteiger partial charge in [-0.3, -0.25) is 0 Å². The number of halogens is 10. The van der Waals surface area contributed by atoms with Crippen LogP contribution in [-0.4, -0.2) is 39.9 Å². The van der Waals surface area contributed by atoms with E-state index < -0.39 is 50.0 Å². The molecule has 0 spiro atoms. The van der Waals surface area contributed by atoms with Crippen molar-refractivity contribution in [2.75, 3.05) is 18.4 Å². The van der Waals surface area contributed by atoms with Gasteiger partial charge in [0.1, 0.15) is 10.6 Å². The minimum atomic E-state index is -6.30. The van der Waals surface area contributed by atoms with Gasteiger partial charge >= 0.3 is 18.0 Å². The van der Waals surface area contributed by atoms with Gasteiger partial charge in [0, 0.05) is 23.8 Å². The highest BCUT2D eigenvalue weighted by Crippen LogP contribution is 2.55. The largest absolute Gasteiger partial charge is 0.435 e. The first kappa shape index (κ1) is 29.4. The van der Waals surface area contributed by atoms with Gasteiger partial charge in [0.05, 0.1) is 4.90 Å². The van der Waals surface area contributed by atoms with Crippen molar-refractivity contribution in [3.63, 3.8) is 0 Å². The maximum absolute atomic E-state index is 14.6. The first-order chi connectivity index (χ1) is 15.2. The van der Waals surface area contributed by atoms with E-state index in [2.05, 4.69) is 10.6 Å². The third kappa shape index (κ3) is 4.13. The van der Waals surface area contributed by atoms with Crippen molar-refractivity contribution in [1.82, 2.24) is 5.32 Å². The quantitative estimate of drug-likeness (QED) is 0.381. The molecule has 2 unspecified atom stereocenters. The highest BCUT2D eigenvalue weighted by Gasteiger charge is 2.73. The average molecular weight is 573 g/mol. The Hall–Kier alpha value is -1.83. The van der Waals surface area contributed by atoms with Gasteiger partial charge in [-0.05, 0) is 48.9 Å². The summed E-state index contributed by atoms with van der Waals surface area (Å²) in [6.45, 7) is 0.0281. The van der Waals surface area contributed by atoms with Crippen molar-refractivity contribution in [2.45, 2.75) is 40.1 Å². The van der Waals surface area contributed by atoms with Gasteiger partial charge in [-0.15, -0.1) is 24.8 Å². The SMILES string of the molecule is Cl.Cl.O=S(=O)(c1ccc(F)cc1)C12CCNC1CNc1cc(C(F)(C(F)(F)F)C(F)(F)F)ccc12. The monoisotopic (exact) mass is 572 g/mol. The van der Waals surface area contributed by atoms with Crippen LogP contribution in [0.1, 0.15) is 17.5 Å². The van der Waals surface area contributed by atoms with Gasteiger partial charge in [0.2, 0.25) is 0 Å². The minimum Gasteiger partial charge on any atom is -0.383 e. The molecule has 1 fully saturated rings. The third-order valence-electron chi connectivity index (χ3n) is 6.20. The van der Waals surface area contributed by atoms with Gasteiger partial charge in [0.25, 0.3) is 0 Å². The Bertz CT molecular complexity index is 1180. The number of hydrogen-bond donors (Lipinski definition) is 2. The van der Waals surface area contributed by atoms with Crippen molar-refractivity contribution < 1.29 is 43.5 Å². The fourth-order valence-corrected chi connectivity index (χ4v) is 6.89. The van der Waals surface area contributed by atoms with Crippen molar-refractivity contribution in [3.05, 3.63) is 59.4 Å². The number of benzene rings is 2. The van der Waals surface area contributed by atoms with Gasteiger partial charge in [-0.2, -0.15) is 26.3 Å². The molecule has 0 bridgehead atoms. The van der Waals surface area contributed by atoms with Crippen LogP contribution in [0.15, 0.2) is 47.4 Å². The van der Waals surface area contributed by atoms with E-state index in [0.717, 1.165) is 30.3 Å². The molecule has 15 heteroatoms. The Labute approximate surface area is 207 Å².